The number of amides is 1. The maximum absolute atomic E-state index is 11.5. The van der Waals surface area contributed by atoms with Crippen LogP contribution >= 0.6 is 0 Å². The van der Waals surface area contributed by atoms with Crippen molar-refractivity contribution in [2.45, 2.75) is 13.5 Å². The highest BCUT2D eigenvalue weighted by atomic mass is 16.5. The quantitative estimate of drug-likeness (QED) is 0.776. The van der Waals surface area contributed by atoms with Gasteiger partial charge in [-0.05, 0) is 6.92 Å². The van der Waals surface area contributed by atoms with Gasteiger partial charge in [-0.15, -0.1) is 5.10 Å². The topological polar surface area (TPSA) is 89.3 Å². The smallest absolute Gasteiger partial charge is 0.409 e. The summed E-state index contributed by atoms with van der Waals surface area (Å²) in [6.07, 6.45) is 1.24. The molecule has 0 unspecified atom stereocenters. The normalized spacial score (nSPS) is 15.5. The van der Waals surface area contributed by atoms with Crippen LogP contribution in [0.4, 0.5) is 10.6 Å². The van der Waals surface area contributed by atoms with Crippen molar-refractivity contribution in [1.29, 1.82) is 0 Å². The summed E-state index contributed by atoms with van der Waals surface area (Å²) in [7, 11) is 1.39. The number of hydrogen-bond donors (Lipinski definition) is 0. The summed E-state index contributed by atoms with van der Waals surface area (Å²) in [5.74, 6) is 0.768. The van der Waals surface area contributed by atoms with Gasteiger partial charge in [-0.3, -0.25) is 0 Å². The zero-order valence-electron chi connectivity index (χ0n) is 12.1. The van der Waals surface area contributed by atoms with E-state index < -0.39 is 0 Å². The van der Waals surface area contributed by atoms with Crippen molar-refractivity contribution in [1.82, 2.24) is 29.9 Å². The number of anilines is 1. The van der Waals surface area contributed by atoms with Gasteiger partial charge in [0.1, 0.15) is 6.33 Å². The van der Waals surface area contributed by atoms with E-state index in [0.29, 0.717) is 38.2 Å². The van der Waals surface area contributed by atoms with Crippen LogP contribution in [0.25, 0.3) is 11.2 Å². The molecule has 3 rings (SSSR count). The Morgan fingerprint density at radius 1 is 1.29 bits per heavy atom. The van der Waals surface area contributed by atoms with Gasteiger partial charge in [-0.25, -0.2) is 19.4 Å². The Labute approximate surface area is 121 Å². The molecule has 0 aromatic carbocycles. The number of methoxy groups -OCH3 is 1. The number of aromatic nitrogens is 5. The first-order valence-electron chi connectivity index (χ1n) is 6.86. The number of nitrogens with zero attached hydrogens (tertiary/aromatic N) is 7. The number of fused-ring (bicyclic) bond motifs is 1. The molecule has 9 heteroatoms. The molecule has 0 aliphatic carbocycles. The Bertz CT molecular complexity index is 648. The van der Waals surface area contributed by atoms with Crippen molar-refractivity contribution >= 4 is 23.1 Å². The second-order valence-electron chi connectivity index (χ2n) is 4.72. The van der Waals surface area contributed by atoms with Crippen LogP contribution in [0, 0.1) is 0 Å². The lowest BCUT2D eigenvalue weighted by atomic mass is 10.3. The molecule has 112 valence electrons. The van der Waals surface area contributed by atoms with Gasteiger partial charge in [-0.2, -0.15) is 0 Å². The van der Waals surface area contributed by atoms with Gasteiger partial charge in [0, 0.05) is 32.7 Å². The number of rotatable bonds is 2. The second-order valence-corrected chi connectivity index (χ2v) is 4.72. The summed E-state index contributed by atoms with van der Waals surface area (Å²) >= 11 is 0. The van der Waals surface area contributed by atoms with Crippen molar-refractivity contribution in [3.05, 3.63) is 6.33 Å². The average molecular weight is 291 g/mol. The van der Waals surface area contributed by atoms with E-state index in [2.05, 4.69) is 25.2 Å². The van der Waals surface area contributed by atoms with Crippen molar-refractivity contribution in [3.63, 3.8) is 0 Å². The summed E-state index contributed by atoms with van der Waals surface area (Å²) in [5.41, 5.74) is 1.43. The van der Waals surface area contributed by atoms with E-state index in [1.54, 1.807) is 9.58 Å². The Hall–Kier alpha value is -2.45. The molecule has 0 radical (unpaired) electrons. The van der Waals surface area contributed by atoms with Crippen LogP contribution in [0.3, 0.4) is 0 Å². The highest BCUT2D eigenvalue weighted by molar-refractivity contribution is 5.82. The number of carbonyl (C=O) groups excluding carboxylic acids is 1. The Morgan fingerprint density at radius 3 is 2.71 bits per heavy atom. The number of ether oxygens (including phenoxy) is 1. The first-order valence-corrected chi connectivity index (χ1v) is 6.86. The molecule has 9 nitrogen and oxygen atoms in total. The zero-order chi connectivity index (χ0) is 14.8. The van der Waals surface area contributed by atoms with Crippen molar-refractivity contribution in [2.75, 3.05) is 38.2 Å². The third-order valence-corrected chi connectivity index (χ3v) is 3.59. The van der Waals surface area contributed by atoms with E-state index >= 15 is 0 Å². The van der Waals surface area contributed by atoms with Gasteiger partial charge in [-0.1, -0.05) is 5.21 Å². The molecular weight excluding hydrogens is 274 g/mol. The molecule has 1 fully saturated rings. The molecule has 1 saturated heterocycles. The lowest BCUT2D eigenvalue weighted by molar-refractivity contribution is 0.121. The maximum Gasteiger partial charge on any atom is 0.409 e. The standard InChI is InChI=1S/C12H17N7O2/c1-3-19-11-9(15-16-19)10(13-8-14-11)17-4-6-18(7-5-17)12(20)21-2/h8H,3-7H2,1-2H3. The van der Waals surface area contributed by atoms with Gasteiger partial charge in [0.05, 0.1) is 7.11 Å². The molecular formula is C12H17N7O2. The van der Waals surface area contributed by atoms with Crippen LogP contribution in [0.15, 0.2) is 6.33 Å². The van der Waals surface area contributed by atoms with Gasteiger partial charge in [0.15, 0.2) is 17.0 Å². The lowest BCUT2D eigenvalue weighted by Gasteiger charge is -2.34. The molecule has 1 aliphatic rings. The second kappa shape index (κ2) is 5.51. The number of piperazine rings is 1. The Morgan fingerprint density at radius 2 is 2.05 bits per heavy atom. The Balaban J connectivity index is 1.82. The van der Waals surface area contributed by atoms with Crippen LogP contribution in [0.5, 0.6) is 0 Å². The molecule has 0 spiro atoms. The fourth-order valence-electron chi connectivity index (χ4n) is 2.45. The van der Waals surface area contributed by atoms with Crippen LogP contribution in [0.1, 0.15) is 6.92 Å². The van der Waals surface area contributed by atoms with Gasteiger partial charge in [0.2, 0.25) is 0 Å². The first-order chi connectivity index (χ1) is 10.2. The van der Waals surface area contributed by atoms with E-state index in [9.17, 15) is 4.79 Å². The predicted octanol–water partition coefficient (Wildman–Crippen LogP) is 0.130. The molecule has 3 heterocycles. The summed E-state index contributed by atoms with van der Waals surface area (Å²) in [4.78, 5) is 23.8. The fraction of sp³-hybridized carbons (Fsp3) is 0.583. The van der Waals surface area contributed by atoms with Gasteiger partial charge in [0.25, 0.3) is 0 Å². The Kier molecular flexibility index (Phi) is 3.55. The van der Waals surface area contributed by atoms with Crippen molar-refractivity contribution in [2.24, 2.45) is 0 Å². The molecule has 2 aromatic rings. The lowest BCUT2D eigenvalue weighted by Crippen LogP contribution is -2.49. The molecule has 2 aromatic heterocycles. The minimum Gasteiger partial charge on any atom is -0.453 e. The fourth-order valence-corrected chi connectivity index (χ4v) is 2.45. The third-order valence-electron chi connectivity index (χ3n) is 3.59. The molecule has 1 amide bonds. The number of aryl methyl sites for hydroxylation is 1. The van der Waals surface area contributed by atoms with E-state index in [1.165, 1.54) is 13.4 Å². The van der Waals surface area contributed by atoms with E-state index in [4.69, 9.17) is 4.74 Å². The summed E-state index contributed by atoms with van der Waals surface area (Å²) in [5, 5.41) is 8.25. The third kappa shape index (κ3) is 2.34. The SMILES string of the molecule is CCn1nnc2c(N3CCN(C(=O)OC)CC3)ncnc21. The average Bonchev–Trinajstić information content (AvgIpc) is 2.97. The number of hydrogen-bond acceptors (Lipinski definition) is 7. The van der Waals surface area contributed by atoms with Crippen molar-refractivity contribution in [3.8, 4) is 0 Å². The van der Waals surface area contributed by atoms with Crippen molar-refractivity contribution < 1.29 is 9.53 Å². The van der Waals surface area contributed by atoms with Crippen LogP contribution in [-0.4, -0.2) is 69.2 Å². The van der Waals surface area contributed by atoms with Crippen LogP contribution in [0.2, 0.25) is 0 Å². The highest BCUT2D eigenvalue weighted by Gasteiger charge is 2.24. The first kappa shape index (κ1) is 13.5. The van der Waals surface area contributed by atoms with Gasteiger partial charge >= 0.3 is 6.09 Å². The monoisotopic (exact) mass is 291 g/mol. The molecule has 0 N–H and O–H groups in total. The number of carbonyl (C=O) groups is 1. The van der Waals surface area contributed by atoms with E-state index in [0.717, 1.165) is 11.5 Å². The summed E-state index contributed by atoms with van der Waals surface area (Å²) < 4.78 is 6.48. The summed E-state index contributed by atoms with van der Waals surface area (Å²) in [6, 6.07) is 0. The summed E-state index contributed by atoms with van der Waals surface area (Å²) in [6.45, 7) is 5.26. The largest absolute Gasteiger partial charge is 0.453 e. The minimum absolute atomic E-state index is 0.292. The molecule has 21 heavy (non-hydrogen) atoms. The predicted molar refractivity (Wildman–Crippen MR) is 75.0 cm³/mol. The molecule has 1 aliphatic heterocycles. The van der Waals surface area contributed by atoms with Crippen LogP contribution in [-0.2, 0) is 11.3 Å². The van der Waals surface area contributed by atoms with E-state index in [-0.39, 0.29) is 6.09 Å². The van der Waals surface area contributed by atoms with E-state index in [1.807, 2.05) is 6.92 Å². The minimum atomic E-state index is -0.292. The molecule has 0 bridgehead atoms. The highest BCUT2D eigenvalue weighted by Crippen LogP contribution is 2.21. The molecule has 0 atom stereocenters. The van der Waals surface area contributed by atoms with Gasteiger partial charge < -0.3 is 14.5 Å². The van der Waals surface area contributed by atoms with Crippen LogP contribution < -0.4 is 4.90 Å². The maximum atomic E-state index is 11.5. The zero-order valence-corrected chi connectivity index (χ0v) is 12.1. The molecule has 0 saturated carbocycles.